The topological polar surface area (TPSA) is 74.2 Å². The van der Waals surface area contributed by atoms with Gasteiger partial charge in [-0.15, -0.1) is 0 Å². The lowest BCUT2D eigenvalue weighted by molar-refractivity contribution is 0.0904. The number of carbonyl (C=O) groups excluding carboxylic acids is 1. The predicted octanol–water partition coefficient (Wildman–Crippen LogP) is 3.06. The first-order valence-corrected chi connectivity index (χ1v) is 8.94. The number of nitrogens with one attached hydrogen (secondary N) is 2. The number of amides is 1. The second-order valence-corrected chi connectivity index (χ2v) is 6.65. The number of hydrogen-bond donors (Lipinski definition) is 2. The molecular weight excluding hydrogens is 328 g/mol. The van der Waals surface area contributed by atoms with E-state index in [0.29, 0.717) is 17.1 Å². The first kappa shape index (κ1) is 16.6. The number of aromatic nitrogens is 2. The molecular formula is C20H22N4O2. The minimum atomic E-state index is -0.138. The van der Waals surface area contributed by atoms with Gasteiger partial charge in [-0.1, -0.05) is 30.3 Å². The number of nitrogens with zero attached hydrogens (tertiary/aromatic N) is 2. The highest BCUT2D eigenvalue weighted by atomic mass is 16.3. The van der Waals surface area contributed by atoms with Gasteiger partial charge in [-0.3, -0.25) is 14.8 Å². The van der Waals surface area contributed by atoms with E-state index in [1.165, 1.54) is 5.56 Å². The Bertz CT molecular complexity index is 834. The average Bonchev–Trinajstić information content (AvgIpc) is 3.36. The van der Waals surface area contributed by atoms with E-state index in [1.807, 2.05) is 12.1 Å². The van der Waals surface area contributed by atoms with E-state index in [1.54, 1.807) is 18.4 Å². The summed E-state index contributed by atoms with van der Waals surface area (Å²) in [5, 5.41) is 10.0. The summed E-state index contributed by atoms with van der Waals surface area (Å²) in [5.74, 6) is 0.534. The minimum Gasteiger partial charge on any atom is -0.463 e. The van der Waals surface area contributed by atoms with E-state index in [9.17, 15) is 4.79 Å². The highest BCUT2D eigenvalue weighted by Gasteiger charge is 2.22. The third-order valence-corrected chi connectivity index (χ3v) is 4.77. The van der Waals surface area contributed by atoms with Crippen molar-refractivity contribution < 1.29 is 9.21 Å². The second kappa shape index (κ2) is 7.58. The van der Waals surface area contributed by atoms with Crippen molar-refractivity contribution in [1.29, 1.82) is 0 Å². The van der Waals surface area contributed by atoms with Crippen molar-refractivity contribution in [3.05, 3.63) is 66.1 Å². The number of rotatable bonds is 5. The maximum absolute atomic E-state index is 12.4. The van der Waals surface area contributed by atoms with Gasteiger partial charge in [-0.25, -0.2) is 0 Å². The third-order valence-electron chi connectivity index (χ3n) is 4.77. The van der Waals surface area contributed by atoms with Gasteiger partial charge in [0.2, 0.25) is 0 Å². The number of benzene rings is 1. The largest absolute Gasteiger partial charge is 0.463 e. The number of aromatic amines is 1. The first-order chi connectivity index (χ1) is 12.8. The lowest BCUT2D eigenvalue weighted by Crippen LogP contribution is -2.44. The summed E-state index contributed by atoms with van der Waals surface area (Å²) in [4.78, 5) is 14.9. The Hall–Kier alpha value is -2.86. The van der Waals surface area contributed by atoms with Crippen molar-refractivity contribution in [2.24, 2.45) is 0 Å². The van der Waals surface area contributed by atoms with Crippen molar-refractivity contribution >= 4 is 5.91 Å². The number of likely N-dealkylation sites (tertiary alicyclic amines) is 1. The number of hydrogen-bond acceptors (Lipinski definition) is 4. The Morgan fingerprint density at radius 1 is 1.19 bits per heavy atom. The molecule has 3 aromatic rings. The van der Waals surface area contributed by atoms with Crippen molar-refractivity contribution in [3.8, 4) is 11.5 Å². The predicted molar refractivity (Wildman–Crippen MR) is 98.5 cm³/mol. The van der Waals surface area contributed by atoms with Crippen molar-refractivity contribution in [1.82, 2.24) is 20.4 Å². The molecule has 134 valence electrons. The van der Waals surface area contributed by atoms with Crippen LogP contribution in [0.2, 0.25) is 0 Å². The standard InChI is InChI=1S/C20H22N4O2/c25-20(18-13-17(22-23-18)19-7-4-12-26-19)21-16-8-10-24(11-9-16)14-15-5-2-1-3-6-15/h1-7,12-13,16H,8-11,14H2,(H,21,25)(H,22,23). The zero-order chi connectivity index (χ0) is 17.8. The summed E-state index contributed by atoms with van der Waals surface area (Å²) < 4.78 is 5.31. The van der Waals surface area contributed by atoms with Crippen LogP contribution in [0.5, 0.6) is 0 Å². The Morgan fingerprint density at radius 3 is 2.73 bits per heavy atom. The van der Waals surface area contributed by atoms with Crippen molar-refractivity contribution in [2.75, 3.05) is 13.1 Å². The Labute approximate surface area is 152 Å². The molecule has 1 fully saturated rings. The van der Waals surface area contributed by atoms with Gasteiger partial charge in [0, 0.05) is 31.7 Å². The number of H-pyrrole nitrogens is 1. The molecule has 3 heterocycles. The smallest absolute Gasteiger partial charge is 0.272 e. The van der Waals surface area contributed by atoms with Gasteiger partial charge < -0.3 is 9.73 Å². The molecule has 0 bridgehead atoms. The molecule has 6 nitrogen and oxygen atoms in total. The summed E-state index contributed by atoms with van der Waals surface area (Å²) in [7, 11) is 0. The van der Waals surface area contributed by atoms with Crippen molar-refractivity contribution in [3.63, 3.8) is 0 Å². The van der Waals surface area contributed by atoms with Gasteiger partial charge in [0.05, 0.1) is 6.26 Å². The molecule has 0 aliphatic carbocycles. The van der Waals surface area contributed by atoms with Crippen LogP contribution in [0.15, 0.2) is 59.2 Å². The molecule has 1 saturated heterocycles. The molecule has 2 N–H and O–H groups in total. The molecule has 0 unspecified atom stereocenters. The molecule has 26 heavy (non-hydrogen) atoms. The van der Waals surface area contributed by atoms with Crippen LogP contribution in [0, 0.1) is 0 Å². The van der Waals surface area contributed by atoms with Gasteiger partial charge >= 0.3 is 0 Å². The molecule has 0 saturated carbocycles. The van der Waals surface area contributed by atoms with Crippen LogP contribution in [0.3, 0.4) is 0 Å². The van der Waals surface area contributed by atoms with Crippen LogP contribution in [-0.2, 0) is 6.54 Å². The fourth-order valence-electron chi connectivity index (χ4n) is 3.33. The Balaban J connectivity index is 1.28. The van der Waals surface area contributed by atoms with Gasteiger partial charge in [0.1, 0.15) is 5.69 Å². The van der Waals surface area contributed by atoms with E-state index < -0.39 is 0 Å². The summed E-state index contributed by atoms with van der Waals surface area (Å²) in [6.07, 6.45) is 3.50. The third kappa shape index (κ3) is 3.86. The molecule has 6 heteroatoms. The van der Waals surface area contributed by atoms with Gasteiger partial charge in [-0.05, 0) is 30.5 Å². The summed E-state index contributed by atoms with van der Waals surface area (Å²) in [6.45, 7) is 2.93. The number of furan rings is 1. The Morgan fingerprint density at radius 2 is 2.00 bits per heavy atom. The average molecular weight is 350 g/mol. The number of piperidine rings is 1. The number of carbonyl (C=O) groups is 1. The van der Waals surface area contributed by atoms with Crippen LogP contribution >= 0.6 is 0 Å². The van der Waals surface area contributed by atoms with E-state index in [0.717, 1.165) is 32.5 Å². The molecule has 1 aromatic carbocycles. The lowest BCUT2D eigenvalue weighted by atomic mass is 10.0. The van der Waals surface area contributed by atoms with E-state index in [-0.39, 0.29) is 11.9 Å². The zero-order valence-electron chi connectivity index (χ0n) is 14.5. The first-order valence-electron chi connectivity index (χ1n) is 8.94. The van der Waals surface area contributed by atoms with Crippen LogP contribution in [0.4, 0.5) is 0 Å². The highest BCUT2D eigenvalue weighted by molar-refractivity contribution is 5.93. The molecule has 1 aliphatic rings. The van der Waals surface area contributed by atoms with E-state index >= 15 is 0 Å². The van der Waals surface area contributed by atoms with Gasteiger partial charge in [0.25, 0.3) is 5.91 Å². The highest BCUT2D eigenvalue weighted by Crippen LogP contribution is 2.18. The fourth-order valence-corrected chi connectivity index (χ4v) is 3.33. The Kier molecular flexibility index (Phi) is 4.84. The molecule has 2 aromatic heterocycles. The van der Waals surface area contributed by atoms with E-state index in [2.05, 4.69) is 44.7 Å². The summed E-state index contributed by atoms with van der Waals surface area (Å²) in [5.41, 5.74) is 2.43. The van der Waals surface area contributed by atoms with Crippen LogP contribution in [-0.4, -0.2) is 40.1 Å². The normalized spacial score (nSPS) is 15.8. The van der Waals surface area contributed by atoms with Crippen LogP contribution in [0.1, 0.15) is 28.9 Å². The van der Waals surface area contributed by atoms with Crippen molar-refractivity contribution in [2.45, 2.75) is 25.4 Å². The zero-order valence-corrected chi connectivity index (χ0v) is 14.5. The SMILES string of the molecule is O=C(NC1CCN(Cc2ccccc2)CC1)c1cc(-c2ccco2)[nH]n1. The molecule has 0 radical (unpaired) electrons. The lowest BCUT2D eigenvalue weighted by Gasteiger charge is -2.32. The second-order valence-electron chi connectivity index (χ2n) is 6.65. The summed E-state index contributed by atoms with van der Waals surface area (Å²) in [6, 6.07) is 16.0. The van der Waals surface area contributed by atoms with Crippen LogP contribution in [0.25, 0.3) is 11.5 Å². The maximum Gasteiger partial charge on any atom is 0.272 e. The maximum atomic E-state index is 12.4. The van der Waals surface area contributed by atoms with Gasteiger partial charge in [-0.2, -0.15) is 5.10 Å². The fraction of sp³-hybridized carbons (Fsp3) is 0.300. The molecule has 1 amide bonds. The molecule has 1 aliphatic heterocycles. The monoisotopic (exact) mass is 350 g/mol. The molecule has 4 rings (SSSR count). The quantitative estimate of drug-likeness (QED) is 0.742. The van der Waals surface area contributed by atoms with E-state index in [4.69, 9.17) is 4.42 Å². The van der Waals surface area contributed by atoms with Crippen LogP contribution < -0.4 is 5.32 Å². The minimum absolute atomic E-state index is 0.138. The summed E-state index contributed by atoms with van der Waals surface area (Å²) >= 11 is 0. The molecule has 0 atom stereocenters. The molecule has 0 spiro atoms. The van der Waals surface area contributed by atoms with Gasteiger partial charge in [0.15, 0.2) is 11.5 Å².